The van der Waals surface area contributed by atoms with Gasteiger partial charge in [0.1, 0.15) is 11.5 Å². The first-order chi connectivity index (χ1) is 10.7. The van der Waals surface area contributed by atoms with Crippen LogP contribution in [-0.4, -0.2) is 0 Å². The van der Waals surface area contributed by atoms with Crippen LogP contribution in [0.4, 0.5) is 0 Å². The molecule has 0 bridgehead atoms. The van der Waals surface area contributed by atoms with Crippen LogP contribution in [0.2, 0.25) is 0 Å². The molecular weight excluding hydrogens is 280 g/mol. The Morgan fingerprint density at radius 3 is 2.05 bits per heavy atom. The summed E-state index contributed by atoms with van der Waals surface area (Å²) in [6.07, 6.45) is 2.92. The number of rotatable bonds is 2. The van der Waals surface area contributed by atoms with Gasteiger partial charge in [0, 0.05) is 0 Å². The Balaban J connectivity index is 2.30. The molecule has 0 saturated heterocycles. The fourth-order valence-electron chi connectivity index (χ4n) is 3.00. The number of nitriles is 3. The summed E-state index contributed by atoms with van der Waals surface area (Å²) in [6, 6.07) is 12.7. The number of nitrogens with zero attached hydrogens (tertiary/aromatic N) is 3. The third-order valence-corrected chi connectivity index (χ3v) is 4.00. The number of furan rings is 2. The van der Waals surface area contributed by atoms with E-state index in [1.165, 1.54) is 12.5 Å². The summed E-state index contributed by atoms with van der Waals surface area (Å²) in [6.45, 7) is 0. The monoisotopic (exact) mass is 290 g/mol. The summed E-state index contributed by atoms with van der Waals surface area (Å²) in [7, 11) is 0. The van der Waals surface area contributed by atoms with E-state index in [9.17, 15) is 15.8 Å². The zero-order valence-electron chi connectivity index (χ0n) is 11.4. The van der Waals surface area contributed by atoms with Crippen molar-refractivity contribution in [1.29, 1.82) is 15.8 Å². The van der Waals surface area contributed by atoms with Gasteiger partial charge in [0.25, 0.3) is 0 Å². The first-order valence-electron chi connectivity index (χ1n) is 6.49. The second kappa shape index (κ2) is 4.84. The van der Waals surface area contributed by atoms with Crippen LogP contribution in [0.1, 0.15) is 23.4 Å². The van der Waals surface area contributed by atoms with Crippen LogP contribution >= 0.6 is 0 Å². The third kappa shape index (κ3) is 1.57. The topological polar surface area (TPSA) is 124 Å². The molecule has 2 atom stereocenters. The maximum atomic E-state index is 9.62. The Morgan fingerprint density at radius 2 is 1.59 bits per heavy atom. The predicted octanol–water partition coefficient (Wildman–Crippen LogP) is 2.52. The first kappa shape index (κ1) is 13.5. The van der Waals surface area contributed by atoms with Gasteiger partial charge in [-0.2, -0.15) is 15.8 Å². The van der Waals surface area contributed by atoms with Gasteiger partial charge in [0.05, 0.1) is 53.8 Å². The second-order valence-electron chi connectivity index (χ2n) is 4.96. The average molecular weight is 290 g/mol. The average Bonchev–Trinajstić information content (AvgIpc) is 3.26. The molecule has 0 fully saturated rings. The van der Waals surface area contributed by atoms with Gasteiger partial charge in [-0.05, 0) is 24.3 Å². The zero-order valence-corrected chi connectivity index (χ0v) is 11.4. The summed E-state index contributed by atoms with van der Waals surface area (Å²) in [5, 5.41) is 28.7. The molecule has 0 radical (unpaired) electrons. The van der Waals surface area contributed by atoms with Crippen LogP contribution < -0.4 is 5.73 Å². The van der Waals surface area contributed by atoms with Gasteiger partial charge in [-0.25, -0.2) is 0 Å². The predicted molar refractivity (Wildman–Crippen MR) is 73.4 cm³/mol. The maximum absolute atomic E-state index is 9.62. The molecule has 22 heavy (non-hydrogen) atoms. The van der Waals surface area contributed by atoms with Crippen LogP contribution in [0.25, 0.3) is 0 Å². The van der Waals surface area contributed by atoms with E-state index in [1.807, 2.05) is 18.2 Å². The van der Waals surface area contributed by atoms with Gasteiger partial charge in [-0.1, -0.05) is 0 Å². The van der Waals surface area contributed by atoms with Crippen molar-refractivity contribution in [3.63, 3.8) is 0 Å². The first-order valence-corrected chi connectivity index (χ1v) is 6.49. The molecule has 6 nitrogen and oxygen atoms in total. The van der Waals surface area contributed by atoms with Crippen molar-refractivity contribution in [3.8, 4) is 18.2 Å². The number of hydrogen-bond acceptors (Lipinski definition) is 6. The van der Waals surface area contributed by atoms with Crippen molar-refractivity contribution in [2.45, 2.75) is 11.8 Å². The van der Waals surface area contributed by atoms with Gasteiger partial charge in [0.2, 0.25) is 0 Å². The van der Waals surface area contributed by atoms with Gasteiger partial charge < -0.3 is 14.6 Å². The molecule has 0 saturated carbocycles. The van der Waals surface area contributed by atoms with Crippen molar-refractivity contribution < 1.29 is 8.83 Å². The highest BCUT2D eigenvalue weighted by Gasteiger charge is 2.58. The Morgan fingerprint density at radius 1 is 1.00 bits per heavy atom. The van der Waals surface area contributed by atoms with Crippen LogP contribution in [0, 0.1) is 39.4 Å². The van der Waals surface area contributed by atoms with Crippen molar-refractivity contribution in [1.82, 2.24) is 0 Å². The number of hydrogen-bond donors (Lipinski definition) is 1. The zero-order chi connectivity index (χ0) is 15.7. The summed E-state index contributed by atoms with van der Waals surface area (Å²) in [5.41, 5.74) is 4.47. The van der Waals surface area contributed by atoms with E-state index >= 15 is 0 Å². The smallest absolute Gasteiger partial charge is 0.194 e. The summed E-state index contributed by atoms with van der Waals surface area (Å²) in [5.74, 6) is -0.491. The Hall–Kier alpha value is -3.43. The molecule has 3 rings (SSSR count). The van der Waals surface area contributed by atoms with Crippen molar-refractivity contribution in [2.24, 2.45) is 11.1 Å². The molecule has 2 aromatic rings. The molecule has 0 amide bonds. The molecule has 0 aromatic carbocycles. The van der Waals surface area contributed by atoms with Crippen LogP contribution in [0.15, 0.2) is 56.9 Å². The molecular formula is C16H10N4O2. The SMILES string of the molecule is N#CC1=C(N)C(C#N)(C#N)[C@H](c2ccco2)[C@H]1c1ccco1. The lowest BCUT2D eigenvalue weighted by Gasteiger charge is -2.24. The van der Waals surface area contributed by atoms with E-state index < -0.39 is 17.3 Å². The van der Waals surface area contributed by atoms with Crippen molar-refractivity contribution in [2.75, 3.05) is 0 Å². The van der Waals surface area contributed by atoms with Crippen molar-refractivity contribution in [3.05, 3.63) is 59.6 Å². The van der Waals surface area contributed by atoms with E-state index in [1.54, 1.807) is 24.3 Å². The largest absolute Gasteiger partial charge is 0.469 e. The molecule has 6 heteroatoms. The Labute approximate surface area is 126 Å². The van der Waals surface area contributed by atoms with Crippen LogP contribution in [-0.2, 0) is 0 Å². The van der Waals surface area contributed by atoms with E-state index in [4.69, 9.17) is 14.6 Å². The summed E-state index contributed by atoms with van der Waals surface area (Å²) in [4.78, 5) is 0. The van der Waals surface area contributed by atoms with Gasteiger partial charge >= 0.3 is 0 Å². The minimum absolute atomic E-state index is 0.0391. The lowest BCUT2D eigenvalue weighted by Crippen LogP contribution is -2.29. The van der Waals surface area contributed by atoms with Crippen LogP contribution in [0.3, 0.4) is 0 Å². The van der Waals surface area contributed by atoms with Crippen molar-refractivity contribution >= 4 is 0 Å². The normalized spacial score (nSPS) is 22.8. The molecule has 106 valence electrons. The minimum atomic E-state index is -1.67. The maximum Gasteiger partial charge on any atom is 0.194 e. The molecule has 0 unspecified atom stereocenters. The summed E-state index contributed by atoms with van der Waals surface area (Å²) < 4.78 is 10.8. The number of allylic oxidation sites excluding steroid dienone is 2. The lowest BCUT2D eigenvalue weighted by atomic mass is 9.73. The van der Waals surface area contributed by atoms with Gasteiger partial charge in [0.15, 0.2) is 5.41 Å². The second-order valence-corrected chi connectivity index (χ2v) is 4.96. The van der Waals surface area contributed by atoms with E-state index in [0.717, 1.165) is 0 Å². The Bertz CT molecular complexity index is 828. The highest BCUT2D eigenvalue weighted by atomic mass is 16.3. The summed E-state index contributed by atoms with van der Waals surface area (Å²) >= 11 is 0. The molecule has 0 aliphatic heterocycles. The molecule has 2 aromatic heterocycles. The quantitative estimate of drug-likeness (QED) is 0.906. The van der Waals surface area contributed by atoms with Crippen LogP contribution in [0.5, 0.6) is 0 Å². The molecule has 0 spiro atoms. The minimum Gasteiger partial charge on any atom is -0.469 e. The fraction of sp³-hybridized carbons (Fsp3) is 0.188. The standard InChI is InChI=1S/C16H10N4O2/c17-7-10-13(11-3-1-5-21-11)14(12-4-2-6-22-12)16(8-18,9-19)15(10)20/h1-6,13-14H,20H2/t13-,14-/m1/s1. The number of nitrogens with two attached hydrogens (primary N) is 1. The third-order valence-electron chi connectivity index (χ3n) is 4.00. The van der Waals surface area contributed by atoms with E-state index in [0.29, 0.717) is 11.5 Å². The molecule has 1 aliphatic rings. The molecule has 2 N–H and O–H groups in total. The van der Waals surface area contributed by atoms with Gasteiger partial charge in [-0.15, -0.1) is 0 Å². The molecule has 1 aliphatic carbocycles. The van der Waals surface area contributed by atoms with E-state index in [2.05, 4.69) is 0 Å². The Kier molecular flexibility index (Phi) is 2.98. The highest BCUT2D eigenvalue weighted by molar-refractivity contribution is 5.56. The highest BCUT2D eigenvalue weighted by Crippen LogP contribution is 2.57. The fourth-order valence-corrected chi connectivity index (χ4v) is 3.00. The molecule has 2 heterocycles. The lowest BCUT2D eigenvalue weighted by molar-refractivity contribution is 0.353. The van der Waals surface area contributed by atoms with E-state index in [-0.39, 0.29) is 11.3 Å². The van der Waals surface area contributed by atoms with Gasteiger partial charge in [-0.3, -0.25) is 0 Å².